The molecule has 2 unspecified atom stereocenters. The van der Waals surface area contributed by atoms with Crippen molar-refractivity contribution in [1.29, 1.82) is 0 Å². The Morgan fingerprint density at radius 3 is 2.92 bits per heavy atom. The van der Waals surface area contributed by atoms with Gasteiger partial charge in [-0.3, -0.25) is 9.78 Å². The number of benzene rings is 1. The van der Waals surface area contributed by atoms with Gasteiger partial charge in [0.15, 0.2) is 5.60 Å². The van der Waals surface area contributed by atoms with Gasteiger partial charge in [0.1, 0.15) is 5.75 Å². The van der Waals surface area contributed by atoms with E-state index in [1.165, 1.54) is 0 Å². The molecule has 2 aliphatic heterocycles. The molecule has 1 spiro atoms. The first-order valence-corrected chi connectivity index (χ1v) is 8.90. The van der Waals surface area contributed by atoms with Gasteiger partial charge in [0, 0.05) is 44.5 Å². The van der Waals surface area contributed by atoms with E-state index in [1.807, 2.05) is 47.5 Å². The summed E-state index contributed by atoms with van der Waals surface area (Å²) >= 11 is 0. The Bertz CT molecular complexity index is 766. The quantitative estimate of drug-likeness (QED) is 0.904. The number of hydrogen-bond donors (Lipinski definition) is 1. The molecule has 1 N–H and O–H groups in total. The molecular weight excluding hydrogens is 330 g/mol. The van der Waals surface area contributed by atoms with Gasteiger partial charge >= 0.3 is 0 Å². The molecule has 2 fully saturated rings. The maximum Gasteiger partial charge on any atom is 0.257 e. The number of amides is 1. The third-order valence-corrected chi connectivity index (χ3v) is 5.29. The van der Waals surface area contributed by atoms with Gasteiger partial charge in [0.2, 0.25) is 0 Å². The van der Waals surface area contributed by atoms with E-state index in [4.69, 9.17) is 9.47 Å². The van der Waals surface area contributed by atoms with Crippen molar-refractivity contribution in [3.8, 4) is 5.75 Å². The number of methoxy groups -OCH3 is 1. The van der Waals surface area contributed by atoms with E-state index in [1.54, 1.807) is 13.3 Å². The summed E-state index contributed by atoms with van der Waals surface area (Å²) in [6.07, 6.45) is 3.58. The van der Waals surface area contributed by atoms with Crippen molar-refractivity contribution in [2.45, 2.75) is 18.1 Å². The van der Waals surface area contributed by atoms with Crippen LogP contribution in [0.2, 0.25) is 0 Å². The minimum atomic E-state index is -0.840. The van der Waals surface area contributed by atoms with E-state index in [9.17, 15) is 4.79 Å². The fraction of sp³-hybridized carbons (Fsp3) is 0.400. The fourth-order valence-electron chi connectivity index (χ4n) is 3.91. The molecule has 2 aliphatic rings. The van der Waals surface area contributed by atoms with Gasteiger partial charge in [0.05, 0.1) is 13.7 Å². The van der Waals surface area contributed by atoms with Crippen molar-refractivity contribution in [2.24, 2.45) is 0 Å². The first-order valence-electron chi connectivity index (χ1n) is 8.90. The highest BCUT2D eigenvalue weighted by Crippen LogP contribution is 2.38. The summed E-state index contributed by atoms with van der Waals surface area (Å²) in [5, 5.41) is 3.34. The standard InChI is InChI=1S/C20H23N3O3/c1-25-17-6-4-15(5-7-17)13-23-9-10-26-20(19(23)24)14-22-12-18(20)16-3-2-8-21-11-16/h2-8,11,18,22H,9-10,12-14H2,1H3. The molecule has 1 aromatic carbocycles. The zero-order valence-corrected chi connectivity index (χ0v) is 14.9. The number of ether oxygens (including phenoxy) is 2. The molecule has 0 radical (unpaired) electrons. The number of nitrogens with one attached hydrogen (secondary N) is 1. The first kappa shape index (κ1) is 17.0. The lowest BCUT2D eigenvalue weighted by molar-refractivity contribution is -0.172. The van der Waals surface area contributed by atoms with Crippen LogP contribution in [-0.4, -0.2) is 54.7 Å². The molecular formula is C20H23N3O3. The minimum Gasteiger partial charge on any atom is -0.497 e. The first-order chi connectivity index (χ1) is 12.7. The summed E-state index contributed by atoms with van der Waals surface area (Å²) in [4.78, 5) is 19.5. The van der Waals surface area contributed by atoms with E-state index in [0.29, 0.717) is 32.8 Å². The third kappa shape index (κ3) is 2.95. The highest BCUT2D eigenvalue weighted by atomic mass is 16.5. The summed E-state index contributed by atoms with van der Waals surface area (Å²) in [7, 11) is 1.65. The molecule has 26 heavy (non-hydrogen) atoms. The number of carbonyl (C=O) groups excluding carboxylic acids is 1. The van der Waals surface area contributed by atoms with Crippen molar-refractivity contribution < 1.29 is 14.3 Å². The van der Waals surface area contributed by atoms with Gasteiger partial charge in [-0.05, 0) is 29.3 Å². The van der Waals surface area contributed by atoms with E-state index < -0.39 is 5.60 Å². The summed E-state index contributed by atoms with van der Waals surface area (Å²) < 4.78 is 11.3. The maximum absolute atomic E-state index is 13.4. The lowest BCUT2D eigenvalue weighted by Crippen LogP contribution is -2.59. The van der Waals surface area contributed by atoms with Crippen LogP contribution in [-0.2, 0) is 16.1 Å². The number of rotatable bonds is 4. The average molecular weight is 353 g/mol. The molecule has 0 saturated carbocycles. The van der Waals surface area contributed by atoms with Crippen molar-refractivity contribution in [3.63, 3.8) is 0 Å². The molecule has 0 aliphatic carbocycles. The monoisotopic (exact) mass is 353 g/mol. The molecule has 3 heterocycles. The Kier molecular flexibility index (Phi) is 4.61. The smallest absolute Gasteiger partial charge is 0.257 e. The van der Waals surface area contributed by atoms with Gasteiger partial charge in [-0.15, -0.1) is 0 Å². The Balaban J connectivity index is 1.57. The Morgan fingerprint density at radius 1 is 1.35 bits per heavy atom. The van der Waals surface area contributed by atoms with Crippen molar-refractivity contribution in [3.05, 3.63) is 59.9 Å². The Morgan fingerprint density at radius 2 is 2.19 bits per heavy atom. The average Bonchev–Trinajstić information content (AvgIpc) is 3.11. The molecule has 1 aromatic heterocycles. The molecule has 2 saturated heterocycles. The largest absolute Gasteiger partial charge is 0.497 e. The lowest BCUT2D eigenvalue weighted by Gasteiger charge is -2.42. The van der Waals surface area contributed by atoms with Crippen LogP contribution in [0.4, 0.5) is 0 Å². The maximum atomic E-state index is 13.4. The van der Waals surface area contributed by atoms with Crippen molar-refractivity contribution in [2.75, 3.05) is 33.4 Å². The van der Waals surface area contributed by atoms with Crippen LogP contribution in [0.5, 0.6) is 5.75 Å². The highest BCUT2D eigenvalue weighted by molar-refractivity contribution is 5.88. The van der Waals surface area contributed by atoms with Gasteiger partial charge in [-0.1, -0.05) is 18.2 Å². The van der Waals surface area contributed by atoms with E-state index in [0.717, 1.165) is 16.9 Å². The van der Waals surface area contributed by atoms with Crippen LogP contribution >= 0.6 is 0 Å². The van der Waals surface area contributed by atoms with Crippen LogP contribution in [0.3, 0.4) is 0 Å². The van der Waals surface area contributed by atoms with Crippen molar-refractivity contribution in [1.82, 2.24) is 15.2 Å². The number of carbonyl (C=O) groups is 1. The van der Waals surface area contributed by atoms with Gasteiger partial charge in [-0.2, -0.15) is 0 Å². The zero-order chi connectivity index (χ0) is 18.0. The SMILES string of the molecule is COc1ccc(CN2CCOC3(CNCC3c3cccnc3)C2=O)cc1. The Labute approximate surface area is 153 Å². The molecule has 2 atom stereocenters. The number of nitrogens with zero attached hydrogens (tertiary/aromatic N) is 2. The molecule has 2 aromatic rings. The molecule has 4 rings (SSSR count). The lowest BCUT2D eigenvalue weighted by atomic mass is 9.83. The molecule has 1 amide bonds. The molecule has 6 nitrogen and oxygen atoms in total. The zero-order valence-electron chi connectivity index (χ0n) is 14.9. The summed E-state index contributed by atoms with van der Waals surface area (Å²) in [6, 6.07) is 11.8. The number of aromatic nitrogens is 1. The number of hydrogen-bond acceptors (Lipinski definition) is 5. The van der Waals surface area contributed by atoms with Crippen LogP contribution < -0.4 is 10.1 Å². The molecule has 6 heteroatoms. The highest BCUT2D eigenvalue weighted by Gasteiger charge is 2.54. The summed E-state index contributed by atoms with van der Waals surface area (Å²) in [5.74, 6) is 0.843. The van der Waals surface area contributed by atoms with Crippen LogP contribution in [0.15, 0.2) is 48.8 Å². The van der Waals surface area contributed by atoms with E-state index in [-0.39, 0.29) is 11.8 Å². The predicted octanol–water partition coefficient (Wildman–Crippen LogP) is 1.57. The molecule has 136 valence electrons. The second-order valence-electron chi connectivity index (χ2n) is 6.78. The van der Waals surface area contributed by atoms with Gasteiger partial charge in [0.25, 0.3) is 5.91 Å². The second kappa shape index (κ2) is 7.05. The number of pyridine rings is 1. The van der Waals surface area contributed by atoms with Crippen LogP contribution in [0, 0.1) is 0 Å². The molecule has 0 bridgehead atoms. The normalized spacial score (nSPS) is 25.7. The van der Waals surface area contributed by atoms with Gasteiger partial charge < -0.3 is 19.7 Å². The number of morpholine rings is 1. The van der Waals surface area contributed by atoms with Gasteiger partial charge in [-0.25, -0.2) is 0 Å². The topological polar surface area (TPSA) is 63.7 Å². The van der Waals surface area contributed by atoms with Crippen molar-refractivity contribution >= 4 is 5.91 Å². The third-order valence-electron chi connectivity index (χ3n) is 5.29. The minimum absolute atomic E-state index is 0.0256. The predicted molar refractivity (Wildman–Crippen MR) is 96.9 cm³/mol. The summed E-state index contributed by atoms with van der Waals surface area (Å²) in [6.45, 7) is 2.97. The van der Waals surface area contributed by atoms with E-state index >= 15 is 0 Å². The van der Waals surface area contributed by atoms with Crippen LogP contribution in [0.25, 0.3) is 0 Å². The van der Waals surface area contributed by atoms with Crippen LogP contribution in [0.1, 0.15) is 17.0 Å². The Hall–Kier alpha value is -2.44. The fourth-order valence-corrected chi connectivity index (χ4v) is 3.91. The summed E-state index contributed by atoms with van der Waals surface area (Å²) in [5.41, 5.74) is 1.28. The van der Waals surface area contributed by atoms with E-state index in [2.05, 4.69) is 10.3 Å². The second-order valence-corrected chi connectivity index (χ2v) is 6.78.